The van der Waals surface area contributed by atoms with Gasteiger partial charge in [0, 0.05) is 6.61 Å². The summed E-state index contributed by atoms with van der Waals surface area (Å²) < 4.78 is 5.89. The smallest absolute Gasteiger partial charge is 0.187 e. The minimum atomic E-state index is -1.34. The molecule has 4 heteroatoms. The fourth-order valence-corrected chi connectivity index (χ4v) is 11.9. The van der Waals surface area contributed by atoms with Gasteiger partial charge in [-0.25, -0.2) is 0 Å². The number of hydrogen-bond acceptors (Lipinski definition) is 2. The summed E-state index contributed by atoms with van der Waals surface area (Å²) in [7, 11) is -2.30. The molecule has 0 bridgehead atoms. The molecule has 16 heavy (non-hydrogen) atoms. The lowest BCUT2D eigenvalue weighted by atomic mass is 10.9. The van der Waals surface area contributed by atoms with E-state index in [0.29, 0.717) is 0 Å². The van der Waals surface area contributed by atoms with Crippen LogP contribution in [0, 0.1) is 0 Å². The third-order valence-corrected chi connectivity index (χ3v) is 16.4. The van der Waals surface area contributed by atoms with Crippen molar-refractivity contribution in [3.05, 3.63) is 0 Å². The fraction of sp³-hybridized carbons (Fsp3) is 1.00. The SMILES string of the molecule is CCO[Si](C)(C)CCS[Si](CC)(CC)CC. The molecular formula is C12H30OSSi2. The van der Waals surface area contributed by atoms with Crippen LogP contribution in [0.15, 0.2) is 0 Å². The molecule has 0 aliphatic carbocycles. The number of hydrogen-bond donors (Lipinski definition) is 0. The van der Waals surface area contributed by atoms with E-state index in [0.717, 1.165) is 6.61 Å². The largest absolute Gasteiger partial charge is 0.418 e. The maximum Gasteiger partial charge on any atom is 0.187 e. The van der Waals surface area contributed by atoms with Gasteiger partial charge in [0.1, 0.15) is 7.22 Å². The molecule has 0 aromatic carbocycles. The van der Waals surface area contributed by atoms with Crippen LogP contribution in [0.1, 0.15) is 27.7 Å². The summed E-state index contributed by atoms with van der Waals surface area (Å²) in [5.41, 5.74) is 0. The van der Waals surface area contributed by atoms with Crippen molar-refractivity contribution in [2.24, 2.45) is 0 Å². The lowest BCUT2D eigenvalue weighted by Crippen LogP contribution is -2.33. The predicted octanol–water partition coefficient (Wildman–Crippen LogP) is 4.97. The molecule has 1 nitrogen and oxygen atoms in total. The topological polar surface area (TPSA) is 9.23 Å². The molecule has 0 saturated heterocycles. The highest BCUT2D eigenvalue weighted by atomic mass is 32.4. The van der Waals surface area contributed by atoms with Gasteiger partial charge in [0.25, 0.3) is 0 Å². The van der Waals surface area contributed by atoms with E-state index in [-0.39, 0.29) is 0 Å². The molecule has 0 atom stereocenters. The first kappa shape index (κ1) is 16.7. The highest BCUT2D eigenvalue weighted by Crippen LogP contribution is 2.34. The third kappa shape index (κ3) is 5.89. The van der Waals surface area contributed by atoms with Crippen molar-refractivity contribution in [2.75, 3.05) is 12.4 Å². The monoisotopic (exact) mass is 278 g/mol. The van der Waals surface area contributed by atoms with Crippen LogP contribution in [-0.2, 0) is 4.43 Å². The van der Waals surface area contributed by atoms with Crippen LogP contribution < -0.4 is 0 Å². The molecule has 98 valence electrons. The molecule has 0 saturated carbocycles. The van der Waals surface area contributed by atoms with Crippen LogP contribution in [-0.4, -0.2) is 27.9 Å². The molecule has 0 fully saturated rings. The molecule has 0 aromatic rings. The quantitative estimate of drug-likeness (QED) is 0.551. The van der Waals surface area contributed by atoms with Gasteiger partial charge in [0.15, 0.2) is 8.32 Å². The third-order valence-electron chi connectivity index (χ3n) is 3.58. The molecule has 0 unspecified atom stereocenters. The van der Waals surface area contributed by atoms with E-state index in [4.69, 9.17) is 4.43 Å². The van der Waals surface area contributed by atoms with Gasteiger partial charge in [-0.3, -0.25) is 0 Å². The van der Waals surface area contributed by atoms with Crippen LogP contribution >= 0.6 is 11.2 Å². The Morgan fingerprint density at radius 1 is 0.938 bits per heavy atom. The van der Waals surface area contributed by atoms with Crippen molar-refractivity contribution >= 4 is 26.8 Å². The van der Waals surface area contributed by atoms with Gasteiger partial charge in [-0.15, -0.1) is 0 Å². The van der Waals surface area contributed by atoms with E-state index >= 15 is 0 Å². The van der Waals surface area contributed by atoms with E-state index in [9.17, 15) is 0 Å². The fourth-order valence-electron chi connectivity index (χ4n) is 2.03. The van der Waals surface area contributed by atoms with Crippen molar-refractivity contribution in [3.63, 3.8) is 0 Å². The van der Waals surface area contributed by atoms with Crippen LogP contribution in [0.4, 0.5) is 0 Å². The lowest BCUT2D eigenvalue weighted by molar-refractivity contribution is 0.330. The Morgan fingerprint density at radius 3 is 1.81 bits per heavy atom. The van der Waals surface area contributed by atoms with Crippen molar-refractivity contribution in [3.8, 4) is 0 Å². The average Bonchev–Trinajstić information content (AvgIpc) is 2.25. The normalized spacial score (nSPS) is 13.1. The second-order valence-electron chi connectivity index (χ2n) is 5.03. The van der Waals surface area contributed by atoms with Gasteiger partial charge < -0.3 is 4.43 Å². The van der Waals surface area contributed by atoms with E-state index in [1.807, 2.05) is 0 Å². The van der Waals surface area contributed by atoms with Crippen molar-refractivity contribution in [1.29, 1.82) is 0 Å². The molecule has 0 rings (SSSR count). The minimum Gasteiger partial charge on any atom is -0.418 e. The summed E-state index contributed by atoms with van der Waals surface area (Å²) in [6.07, 6.45) is 0. The first-order chi connectivity index (χ1) is 7.45. The first-order valence-electron chi connectivity index (χ1n) is 6.73. The molecule has 0 heterocycles. The van der Waals surface area contributed by atoms with Gasteiger partial charge >= 0.3 is 0 Å². The Kier molecular flexibility index (Phi) is 8.32. The van der Waals surface area contributed by atoms with Crippen LogP contribution in [0.2, 0.25) is 37.3 Å². The Morgan fingerprint density at radius 2 is 1.44 bits per heavy atom. The van der Waals surface area contributed by atoms with E-state index in [1.54, 1.807) is 0 Å². The summed E-state index contributed by atoms with van der Waals surface area (Å²) in [6, 6.07) is 5.62. The van der Waals surface area contributed by atoms with Gasteiger partial charge in [-0.2, -0.15) is 11.2 Å². The highest BCUT2D eigenvalue weighted by molar-refractivity contribution is 8.29. The molecule has 0 spiro atoms. The molecule has 0 aliphatic heterocycles. The lowest BCUT2D eigenvalue weighted by Gasteiger charge is -2.29. The summed E-state index contributed by atoms with van der Waals surface area (Å²) >= 11 is 2.32. The molecule has 0 amide bonds. The van der Waals surface area contributed by atoms with E-state index in [2.05, 4.69) is 52.0 Å². The Hall–Kier alpha value is 0.744. The van der Waals surface area contributed by atoms with Crippen LogP contribution in [0.5, 0.6) is 0 Å². The minimum absolute atomic E-state index is 0.891. The van der Waals surface area contributed by atoms with Crippen LogP contribution in [0.3, 0.4) is 0 Å². The predicted molar refractivity (Wildman–Crippen MR) is 83.6 cm³/mol. The van der Waals surface area contributed by atoms with Gasteiger partial charge in [-0.1, -0.05) is 38.9 Å². The maximum atomic E-state index is 5.89. The zero-order valence-electron chi connectivity index (χ0n) is 12.1. The van der Waals surface area contributed by atoms with Crippen LogP contribution in [0.25, 0.3) is 0 Å². The summed E-state index contributed by atoms with van der Waals surface area (Å²) in [6.45, 7) is 14.9. The highest BCUT2D eigenvalue weighted by Gasteiger charge is 2.29. The Bertz CT molecular complexity index is 174. The Balaban J connectivity index is 4.04. The molecule has 0 aromatic heterocycles. The van der Waals surface area contributed by atoms with Crippen molar-refractivity contribution < 1.29 is 4.43 Å². The Labute approximate surface area is 109 Å². The molecule has 0 N–H and O–H groups in total. The second kappa shape index (κ2) is 7.95. The first-order valence-corrected chi connectivity index (χ1v) is 14.2. The second-order valence-corrected chi connectivity index (χ2v) is 18.0. The standard InChI is InChI=1S/C12H30OSSi2/c1-7-13-15(5,6)12-11-14-16(8-2,9-3)10-4/h7-12H2,1-6H3. The zero-order valence-corrected chi connectivity index (χ0v) is 14.9. The summed E-state index contributed by atoms with van der Waals surface area (Å²) in [4.78, 5) is 0. The van der Waals surface area contributed by atoms with E-state index in [1.165, 1.54) is 29.9 Å². The van der Waals surface area contributed by atoms with Gasteiger partial charge in [-0.05, 0) is 31.8 Å². The molecular weight excluding hydrogens is 248 g/mol. The number of rotatable bonds is 9. The van der Waals surface area contributed by atoms with Crippen molar-refractivity contribution in [2.45, 2.75) is 65.0 Å². The van der Waals surface area contributed by atoms with Gasteiger partial charge in [0.2, 0.25) is 0 Å². The molecule has 0 radical (unpaired) electrons. The van der Waals surface area contributed by atoms with Crippen molar-refractivity contribution in [1.82, 2.24) is 0 Å². The zero-order chi connectivity index (χ0) is 12.7. The van der Waals surface area contributed by atoms with Gasteiger partial charge in [0.05, 0.1) is 0 Å². The summed E-state index contributed by atoms with van der Waals surface area (Å²) in [5.74, 6) is 1.33. The van der Waals surface area contributed by atoms with E-state index < -0.39 is 15.5 Å². The maximum absolute atomic E-state index is 5.89. The summed E-state index contributed by atoms with van der Waals surface area (Å²) in [5, 5.41) is 0. The average molecular weight is 279 g/mol. The molecule has 0 aliphatic rings.